The number of alkyl halides is 2. The van der Waals surface area contributed by atoms with Gasteiger partial charge in [-0.3, -0.25) is 0 Å². The molecule has 4 nitrogen and oxygen atoms in total. The number of nitrogens with two attached hydrogens (primary N) is 1. The molecule has 0 atom stereocenters. The molecule has 0 aromatic carbocycles. The molecule has 14 heavy (non-hydrogen) atoms. The minimum absolute atomic E-state index is 0.161. The van der Waals surface area contributed by atoms with Gasteiger partial charge in [0.25, 0.3) is 10.0 Å². The summed E-state index contributed by atoms with van der Waals surface area (Å²) in [7, 11) is -4.37. The van der Waals surface area contributed by atoms with Crippen LogP contribution >= 0.6 is 0 Å². The molecule has 0 aromatic rings. The molecule has 0 aromatic heterocycles. The lowest BCUT2D eigenvalue weighted by Gasteiger charge is -2.30. The molecule has 2 N–H and O–H groups in total. The third kappa shape index (κ3) is 2.40. The Bertz CT molecular complexity index is 273. The lowest BCUT2D eigenvalue weighted by molar-refractivity contribution is 0.205. The zero-order valence-electron chi connectivity index (χ0n) is 7.70. The van der Waals surface area contributed by atoms with Crippen molar-refractivity contribution < 1.29 is 17.2 Å². The topological polar surface area (TPSA) is 63.4 Å². The minimum atomic E-state index is -4.37. The van der Waals surface area contributed by atoms with Gasteiger partial charge in [-0.15, -0.1) is 0 Å². The van der Waals surface area contributed by atoms with E-state index in [1.807, 2.05) is 0 Å². The third-order valence-electron chi connectivity index (χ3n) is 2.49. The van der Waals surface area contributed by atoms with E-state index in [9.17, 15) is 17.2 Å². The fourth-order valence-electron chi connectivity index (χ4n) is 1.51. The first-order valence-corrected chi connectivity index (χ1v) is 5.96. The van der Waals surface area contributed by atoms with Crippen LogP contribution in [0.15, 0.2) is 0 Å². The van der Waals surface area contributed by atoms with E-state index in [4.69, 9.17) is 5.73 Å². The summed E-state index contributed by atoms with van der Waals surface area (Å²) in [6, 6.07) is 0. The van der Waals surface area contributed by atoms with E-state index in [0.29, 0.717) is 19.4 Å². The largest absolute Gasteiger partial charge is 0.350 e. The molecule has 84 valence electrons. The second-order valence-electron chi connectivity index (χ2n) is 3.38. The first-order chi connectivity index (χ1) is 6.48. The normalized spacial score (nSPS) is 21.7. The molecule has 1 rings (SSSR count). The van der Waals surface area contributed by atoms with Crippen LogP contribution < -0.4 is 5.73 Å². The number of piperidine rings is 1. The summed E-state index contributed by atoms with van der Waals surface area (Å²) >= 11 is 0. The van der Waals surface area contributed by atoms with Gasteiger partial charge in [0.05, 0.1) is 0 Å². The van der Waals surface area contributed by atoms with E-state index in [1.165, 1.54) is 0 Å². The zero-order chi connectivity index (χ0) is 10.8. The Labute approximate surface area is 82.1 Å². The van der Waals surface area contributed by atoms with Crippen molar-refractivity contribution >= 4 is 10.0 Å². The Hall–Kier alpha value is -0.270. The van der Waals surface area contributed by atoms with Crippen molar-refractivity contribution in [3.63, 3.8) is 0 Å². The fraction of sp³-hybridized carbons (Fsp3) is 1.00. The maximum atomic E-state index is 12.1. The van der Waals surface area contributed by atoms with Gasteiger partial charge in [-0.25, -0.2) is 8.42 Å². The van der Waals surface area contributed by atoms with Gasteiger partial charge in [-0.05, 0) is 25.3 Å². The summed E-state index contributed by atoms with van der Waals surface area (Å²) in [5.41, 5.74) is 5.40. The molecule has 0 radical (unpaired) electrons. The average molecular weight is 228 g/mol. The molecule has 1 fully saturated rings. The third-order valence-corrected chi connectivity index (χ3v) is 4.03. The molecular weight excluding hydrogens is 214 g/mol. The van der Waals surface area contributed by atoms with Gasteiger partial charge < -0.3 is 5.73 Å². The minimum Gasteiger partial charge on any atom is -0.330 e. The van der Waals surface area contributed by atoms with Crippen molar-refractivity contribution in [1.82, 2.24) is 4.31 Å². The highest BCUT2D eigenvalue weighted by molar-refractivity contribution is 7.89. The monoisotopic (exact) mass is 228 g/mol. The fourth-order valence-corrected chi connectivity index (χ4v) is 2.46. The molecular formula is C7H14F2N2O2S. The van der Waals surface area contributed by atoms with Gasteiger partial charge in [-0.1, -0.05) is 0 Å². The molecule has 0 aliphatic carbocycles. The van der Waals surface area contributed by atoms with Gasteiger partial charge in [0.1, 0.15) is 0 Å². The second-order valence-corrected chi connectivity index (χ2v) is 5.29. The van der Waals surface area contributed by atoms with Crippen LogP contribution in [0.1, 0.15) is 12.8 Å². The zero-order valence-corrected chi connectivity index (χ0v) is 8.51. The van der Waals surface area contributed by atoms with E-state index >= 15 is 0 Å². The Morgan fingerprint density at radius 3 is 2.21 bits per heavy atom. The number of halogens is 2. The highest BCUT2D eigenvalue weighted by Crippen LogP contribution is 2.21. The molecule has 0 amide bonds. The van der Waals surface area contributed by atoms with Crippen LogP contribution in [0.2, 0.25) is 0 Å². The molecule has 1 aliphatic rings. The van der Waals surface area contributed by atoms with Crippen LogP contribution in [0, 0.1) is 5.92 Å². The van der Waals surface area contributed by atoms with Crippen molar-refractivity contribution in [3.8, 4) is 0 Å². The first kappa shape index (κ1) is 11.8. The molecule has 0 unspecified atom stereocenters. The van der Waals surface area contributed by atoms with Crippen LogP contribution in [0.4, 0.5) is 8.78 Å². The SMILES string of the molecule is NCC1CCN(S(=O)(=O)C(F)F)CC1. The van der Waals surface area contributed by atoms with Crippen LogP contribution in [0.3, 0.4) is 0 Å². The predicted octanol–water partition coefficient (Wildman–Crippen LogP) is 0.210. The van der Waals surface area contributed by atoms with Crippen LogP contribution in [0.5, 0.6) is 0 Å². The van der Waals surface area contributed by atoms with Crippen molar-refractivity contribution in [2.24, 2.45) is 11.7 Å². The van der Waals surface area contributed by atoms with Crippen molar-refractivity contribution in [2.75, 3.05) is 19.6 Å². The van der Waals surface area contributed by atoms with Crippen molar-refractivity contribution in [3.05, 3.63) is 0 Å². The molecule has 1 saturated heterocycles. The lowest BCUT2D eigenvalue weighted by Crippen LogP contribution is -2.42. The summed E-state index contributed by atoms with van der Waals surface area (Å²) in [5, 5.41) is 0. The first-order valence-electron chi connectivity index (χ1n) is 4.45. The lowest BCUT2D eigenvalue weighted by atomic mass is 9.99. The van der Waals surface area contributed by atoms with Crippen molar-refractivity contribution in [2.45, 2.75) is 18.6 Å². The predicted molar refractivity (Wildman–Crippen MR) is 48.3 cm³/mol. The smallest absolute Gasteiger partial charge is 0.330 e. The van der Waals surface area contributed by atoms with Crippen LogP contribution in [0.25, 0.3) is 0 Å². The maximum absolute atomic E-state index is 12.1. The molecule has 0 saturated carbocycles. The Morgan fingerprint density at radius 2 is 1.86 bits per heavy atom. The Morgan fingerprint density at radius 1 is 1.36 bits per heavy atom. The molecule has 0 spiro atoms. The van der Waals surface area contributed by atoms with Gasteiger partial charge in [0.2, 0.25) is 0 Å². The van der Waals surface area contributed by atoms with E-state index < -0.39 is 15.8 Å². The summed E-state index contributed by atoms with van der Waals surface area (Å²) in [6.07, 6.45) is 1.14. The highest BCUT2D eigenvalue weighted by Gasteiger charge is 2.34. The molecule has 1 heterocycles. The Balaban J connectivity index is 2.58. The molecule has 1 aliphatic heterocycles. The maximum Gasteiger partial charge on any atom is 0.350 e. The van der Waals surface area contributed by atoms with Crippen LogP contribution in [-0.4, -0.2) is 38.1 Å². The van der Waals surface area contributed by atoms with E-state index in [0.717, 1.165) is 4.31 Å². The van der Waals surface area contributed by atoms with Gasteiger partial charge in [-0.2, -0.15) is 13.1 Å². The van der Waals surface area contributed by atoms with Gasteiger partial charge in [0.15, 0.2) is 0 Å². The summed E-state index contributed by atoms with van der Waals surface area (Å²) in [5.74, 6) is -3.05. The summed E-state index contributed by atoms with van der Waals surface area (Å²) < 4.78 is 47.1. The van der Waals surface area contributed by atoms with E-state index in [2.05, 4.69) is 0 Å². The van der Waals surface area contributed by atoms with Crippen molar-refractivity contribution in [1.29, 1.82) is 0 Å². The summed E-state index contributed by atoms with van der Waals surface area (Å²) in [6.45, 7) is 0.811. The number of hydrogen-bond acceptors (Lipinski definition) is 3. The number of nitrogens with zero attached hydrogens (tertiary/aromatic N) is 1. The molecule has 7 heteroatoms. The second kappa shape index (κ2) is 4.50. The average Bonchev–Trinajstić information content (AvgIpc) is 2.17. The highest BCUT2D eigenvalue weighted by atomic mass is 32.2. The quantitative estimate of drug-likeness (QED) is 0.751. The number of hydrogen-bond donors (Lipinski definition) is 1. The number of rotatable bonds is 3. The van der Waals surface area contributed by atoms with Crippen LogP contribution in [-0.2, 0) is 10.0 Å². The number of sulfonamides is 1. The van der Waals surface area contributed by atoms with Gasteiger partial charge in [0, 0.05) is 13.1 Å². The standard InChI is InChI=1S/C7H14F2N2O2S/c8-7(9)14(12,13)11-3-1-6(5-10)2-4-11/h6-7H,1-5,10H2. The van der Waals surface area contributed by atoms with Gasteiger partial charge >= 0.3 is 5.76 Å². The van der Waals surface area contributed by atoms with E-state index in [1.54, 1.807) is 0 Å². The van der Waals surface area contributed by atoms with E-state index in [-0.39, 0.29) is 19.0 Å². The molecule has 0 bridgehead atoms. The summed E-state index contributed by atoms with van der Waals surface area (Å²) in [4.78, 5) is 0. The Kier molecular flexibility index (Phi) is 3.79.